The first kappa shape index (κ1) is 14.8. The Labute approximate surface area is 126 Å². The molecule has 0 spiro atoms. The predicted molar refractivity (Wildman–Crippen MR) is 81.7 cm³/mol. The molecular formula is C14H15ClN2O2S. The van der Waals surface area contributed by atoms with Gasteiger partial charge in [-0.2, -0.15) is 0 Å². The number of halogens is 1. The second kappa shape index (κ2) is 7.26. The van der Waals surface area contributed by atoms with Gasteiger partial charge in [-0.3, -0.25) is 0 Å². The van der Waals surface area contributed by atoms with E-state index in [1.807, 2.05) is 12.1 Å². The molecule has 0 atom stereocenters. The van der Waals surface area contributed by atoms with Gasteiger partial charge in [0.2, 0.25) is 0 Å². The van der Waals surface area contributed by atoms with Crippen LogP contribution in [0.5, 0.6) is 0 Å². The monoisotopic (exact) mass is 310 g/mol. The summed E-state index contributed by atoms with van der Waals surface area (Å²) in [7, 11) is 0. The highest BCUT2D eigenvalue weighted by atomic mass is 35.5. The van der Waals surface area contributed by atoms with E-state index in [9.17, 15) is 4.79 Å². The van der Waals surface area contributed by atoms with Crippen molar-refractivity contribution >= 4 is 34.7 Å². The average molecular weight is 311 g/mol. The van der Waals surface area contributed by atoms with Gasteiger partial charge in [0.1, 0.15) is 11.4 Å². The van der Waals surface area contributed by atoms with Crippen LogP contribution in [-0.4, -0.2) is 24.1 Å². The summed E-state index contributed by atoms with van der Waals surface area (Å²) in [5.74, 6) is 0.191. The van der Waals surface area contributed by atoms with Crippen molar-refractivity contribution in [2.75, 3.05) is 18.5 Å². The number of esters is 1. The van der Waals surface area contributed by atoms with Crippen molar-refractivity contribution in [2.45, 2.75) is 13.3 Å². The van der Waals surface area contributed by atoms with Crippen molar-refractivity contribution in [3.8, 4) is 0 Å². The summed E-state index contributed by atoms with van der Waals surface area (Å²) in [4.78, 5) is 17.2. The first-order chi connectivity index (χ1) is 9.70. The third-order valence-electron chi connectivity index (χ3n) is 2.60. The number of hydrogen-bond donors (Lipinski definition) is 1. The van der Waals surface area contributed by atoms with Crippen LogP contribution in [0.2, 0.25) is 4.34 Å². The Kier molecular flexibility index (Phi) is 5.38. The maximum atomic E-state index is 11.8. The lowest BCUT2D eigenvalue weighted by atomic mass is 10.2. The molecule has 0 saturated heterocycles. The van der Waals surface area contributed by atoms with Gasteiger partial charge in [-0.05, 0) is 37.6 Å². The lowest BCUT2D eigenvalue weighted by molar-refractivity contribution is 0.0527. The number of thiophene rings is 1. The van der Waals surface area contributed by atoms with Gasteiger partial charge in [-0.25, -0.2) is 9.78 Å². The number of hydrogen-bond acceptors (Lipinski definition) is 5. The third-order valence-corrected chi connectivity index (χ3v) is 3.89. The SMILES string of the molecule is CCOC(=O)c1cccnc1NCCc1ccc(Cl)s1. The van der Waals surface area contributed by atoms with Crippen LogP contribution in [0.3, 0.4) is 0 Å². The van der Waals surface area contributed by atoms with E-state index < -0.39 is 0 Å². The third kappa shape index (κ3) is 3.95. The molecule has 0 bridgehead atoms. The Morgan fingerprint density at radius 2 is 2.30 bits per heavy atom. The molecule has 0 aromatic carbocycles. The summed E-state index contributed by atoms with van der Waals surface area (Å²) in [6, 6.07) is 7.30. The number of ether oxygens (including phenoxy) is 1. The van der Waals surface area contributed by atoms with Crippen molar-refractivity contribution in [2.24, 2.45) is 0 Å². The number of nitrogens with zero attached hydrogens (tertiary/aromatic N) is 1. The molecule has 106 valence electrons. The van der Waals surface area contributed by atoms with Crippen molar-refractivity contribution in [3.63, 3.8) is 0 Å². The number of aromatic nitrogens is 1. The number of carbonyl (C=O) groups excluding carboxylic acids is 1. The lowest BCUT2D eigenvalue weighted by Crippen LogP contribution is -2.12. The Bertz CT molecular complexity index is 586. The zero-order chi connectivity index (χ0) is 14.4. The molecule has 2 rings (SSSR count). The smallest absolute Gasteiger partial charge is 0.341 e. The summed E-state index contributed by atoms with van der Waals surface area (Å²) in [6.07, 6.45) is 2.48. The van der Waals surface area contributed by atoms with Crippen molar-refractivity contribution in [1.82, 2.24) is 4.98 Å². The maximum Gasteiger partial charge on any atom is 0.341 e. The van der Waals surface area contributed by atoms with Gasteiger partial charge >= 0.3 is 5.97 Å². The highest BCUT2D eigenvalue weighted by Crippen LogP contribution is 2.22. The number of pyridine rings is 1. The Morgan fingerprint density at radius 1 is 1.45 bits per heavy atom. The quantitative estimate of drug-likeness (QED) is 0.828. The van der Waals surface area contributed by atoms with Crippen molar-refractivity contribution in [1.29, 1.82) is 0 Å². The van der Waals surface area contributed by atoms with Gasteiger partial charge in [0.05, 0.1) is 10.9 Å². The first-order valence-corrected chi connectivity index (χ1v) is 7.50. The minimum absolute atomic E-state index is 0.348. The van der Waals surface area contributed by atoms with Gasteiger partial charge in [0.15, 0.2) is 0 Å². The fourth-order valence-electron chi connectivity index (χ4n) is 1.71. The molecule has 2 heterocycles. The van der Waals surface area contributed by atoms with Crippen LogP contribution in [0, 0.1) is 0 Å². The number of nitrogens with one attached hydrogen (secondary N) is 1. The van der Waals surface area contributed by atoms with E-state index in [0.29, 0.717) is 24.5 Å². The van der Waals surface area contributed by atoms with Gasteiger partial charge in [-0.15, -0.1) is 11.3 Å². The summed E-state index contributed by atoms with van der Waals surface area (Å²) < 4.78 is 5.78. The Balaban J connectivity index is 1.97. The molecule has 0 aliphatic heterocycles. The van der Waals surface area contributed by atoms with Crippen LogP contribution in [0.4, 0.5) is 5.82 Å². The van der Waals surface area contributed by atoms with Crippen LogP contribution in [0.15, 0.2) is 30.5 Å². The van der Waals surface area contributed by atoms with E-state index in [1.54, 1.807) is 36.6 Å². The summed E-state index contributed by atoms with van der Waals surface area (Å²) >= 11 is 7.44. The number of anilines is 1. The molecule has 0 unspecified atom stereocenters. The van der Waals surface area contributed by atoms with Crippen LogP contribution in [0.25, 0.3) is 0 Å². The summed E-state index contributed by atoms with van der Waals surface area (Å²) in [5, 5.41) is 3.16. The highest BCUT2D eigenvalue weighted by molar-refractivity contribution is 7.16. The molecular weight excluding hydrogens is 296 g/mol. The van der Waals surface area contributed by atoms with Crippen LogP contribution < -0.4 is 5.32 Å². The van der Waals surface area contributed by atoms with Gasteiger partial charge < -0.3 is 10.1 Å². The van der Waals surface area contributed by atoms with Gasteiger partial charge in [0, 0.05) is 17.6 Å². The van der Waals surface area contributed by atoms with Crippen molar-refractivity contribution < 1.29 is 9.53 Å². The topological polar surface area (TPSA) is 51.2 Å². The Morgan fingerprint density at radius 3 is 3.00 bits per heavy atom. The second-order valence-corrected chi connectivity index (χ2v) is 5.80. The fourth-order valence-corrected chi connectivity index (χ4v) is 2.80. The number of rotatable bonds is 6. The molecule has 1 N–H and O–H groups in total. The standard InChI is InChI=1S/C14H15ClN2O2S/c1-2-19-14(18)11-4-3-8-16-13(11)17-9-7-10-5-6-12(15)20-10/h3-6,8H,2,7,9H2,1H3,(H,16,17). The largest absolute Gasteiger partial charge is 0.462 e. The van der Waals surface area contributed by atoms with Crippen LogP contribution in [-0.2, 0) is 11.2 Å². The normalized spacial score (nSPS) is 10.3. The molecule has 0 fully saturated rings. The van der Waals surface area contributed by atoms with Crippen LogP contribution >= 0.6 is 22.9 Å². The maximum absolute atomic E-state index is 11.8. The van der Waals surface area contributed by atoms with E-state index in [-0.39, 0.29) is 5.97 Å². The molecule has 0 saturated carbocycles. The zero-order valence-electron chi connectivity index (χ0n) is 11.1. The van der Waals surface area contributed by atoms with Gasteiger partial charge in [0.25, 0.3) is 0 Å². The van der Waals surface area contributed by atoms with Gasteiger partial charge in [-0.1, -0.05) is 11.6 Å². The Hall–Kier alpha value is -1.59. The molecule has 0 amide bonds. The molecule has 4 nitrogen and oxygen atoms in total. The van der Waals surface area contributed by atoms with E-state index in [0.717, 1.165) is 10.8 Å². The van der Waals surface area contributed by atoms with E-state index in [2.05, 4.69) is 10.3 Å². The summed E-state index contributed by atoms with van der Waals surface area (Å²) in [6.45, 7) is 2.81. The van der Waals surface area contributed by atoms with E-state index >= 15 is 0 Å². The predicted octanol–water partition coefficient (Wildman–Crippen LogP) is 3.63. The average Bonchev–Trinajstić information content (AvgIpc) is 2.85. The zero-order valence-corrected chi connectivity index (χ0v) is 12.6. The number of carbonyl (C=O) groups is 1. The molecule has 2 aromatic heterocycles. The lowest BCUT2D eigenvalue weighted by Gasteiger charge is -2.09. The van der Waals surface area contributed by atoms with Crippen LogP contribution in [0.1, 0.15) is 22.2 Å². The minimum atomic E-state index is -0.359. The first-order valence-electron chi connectivity index (χ1n) is 6.31. The highest BCUT2D eigenvalue weighted by Gasteiger charge is 2.12. The molecule has 6 heteroatoms. The summed E-state index contributed by atoms with van der Waals surface area (Å²) in [5.41, 5.74) is 0.457. The molecule has 0 radical (unpaired) electrons. The second-order valence-electron chi connectivity index (χ2n) is 4.00. The minimum Gasteiger partial charge on any atom is -0.462 e. The molecule has 0 aliphatic carbocycles. The van der Waals surface area contributed by atoms with Crippen molar-refractivity contribution in [3.05, 3.63) is 45.2 Å². The van der Waals surface area contributed by atoms with E-state index in [4.69, 9.17) is 16.3 Å². The fraction of sp³-hybridized carbons (Fsp3) is 0.286. The molecule has 20 heavy (non-hydrogen) atoms. The van der Waals surface area contributed by atoms with E-state index in [1.165, 1.54) is 4.88 Å². The molecule has 2 aromatic rings. The molecule has 0 aliphatic rings.